The monoisotopic (exact) mass is 354 g/mol. The molecule has 6 nitrogen and oxygen atoms in total. The number of carboxylic acid groups (broad SMARTS) is 1. The summed E-state index contributed by atoms with van der Waals surface area (Å²) in [7, 11) is 0. The van der Waals surface area contributed by atoms with E-state index >= 15 is 0 Å². The molecule has 0 bridgehead atoms. The van der Waals surface area contributed by atoms with E-state index in [0.29, 0.717) is 0 Å². The van der Waals surface area contributed by atoms with E-state index in [1.807, 2.05) is 48.5 Å². The van der Waals surface area contributed by atoms with E-state index in [-0.39, 0.29) is 31.8 Å². The molecule has 26 heavy (non-hydrogen) atoms. The van der Waals surface area contributed by atoms with Gasteiger partial charge >= 0.3 is 18.1 Å². The first kappa shape index (κ1) is 17.7. The largest absolute Gasteiger partial charge is 0.516 e. The summed E-state index contributed by atoms with van der Waals surface area (Å²) in [4.78, 5) is 33.7. The number of carbonyl (C=O) groups is 3. The second-order valence-electron chi connectivity index (χ2n) is 6.01. The predicted molar refractivity (Wildman–Crippen MR) is 92.6 cm³/mol. The number of ether oxygens (including phenoxy) is 2. The van der Waals surface area contributed by atoms with Crippen LogP contribution in [0, 0.1) is 0 Å². The molecule has 6 heteroatoms. The molecule has 0 saturated heterocycles. The van der Waals surface area contributed by atoms with Crippen LogP contribution in [-0.2, 0) is 19.1 Å². The molecule has 0 aromatic heterocycles. The molecule has 0 fully saturated rings. The standard InChI is InChI=1S/C20H18O6/c21-18(22)10-5-11-19(23)26-20(24)25-12-17-15-8-3-1-6-13(15)14-7-2-4-9-16(14)17/h1-4,6-9,17H,5,10-12H2,(H,21,22). The normalized spacial score (nSPS) is 12.2. The van der Waals surface area contributed by atoms with Crippen LogP contribution >= 0.6 is 0 Å². The van der Waals surface area contributed by atoms with Gasteiger partial charge in [0.05, 0.1) is 0 Å². The van der Waals surface area contributed by atoms with Crippen molar-refractivity contribution in [3.8, 4) is 11.1 Å². The van der Waals surface area contributed by atoms with E-state index in [0.717, 1.165) is 22.3 Å². The number of benzene rings is 2. The molecule has 0 spiro atoms. The van der Waals surface area contributed by atoms with Crippen molar-refractivity contribution in [2.45, 2.75) is 25.2 Å². The van der Waals surface area contributed by atoms with Gasteiger partial charge in [0.15, 0.2) is 0 Å². The highest BCUT2D eigenvalue weighted by Gasteiger charge is 2.29. The summed E-state index contributed by atoms with van der Waals surface area (Å²) in [5.41, 5.74) is 4.34. The van der Waals surface area contributed by atoms with Crippen molar-refractivity contribution in [3.63, 3.8) is 0 Å². The van der Waals surface area contributed by atoms with Crippen LogP contribution in [0.25, 0.3) is 11.1 Å². The van der Waals surface area contributed by atoms with Crippen LogP contribution in [0.3, 0.4) is 0 Å². The zero-order valence-electron chi connectivity index (χ0n) is 14.0. The van der Waals surface area contributed by atoms with E-state index in [4.69, 9.17) is 9.84 Å². The Hall–Kier alpha value is -3.15. The lowest BCUT2D eigenvalue weighted by molar-refractivity contribution is -0.140. The molecule has 0 heterocycles. The lowest BCUT2D eigenvalue weighted by atomic mass is 9.98. The summed E-state index contributed by atoms with van der Waals surface area (Å²) >= 11 is 0. The Morgan fingerprint density at radius 2 is 1.46 bits per heavy atom. The van der Waals surface area contributed by atoms with Gasteiger partial charge in [0.1, 0.15) is 6.61 Å². The Morgan fingerprint density at radius 1 is 0.885 bits per heavy atom. The summed E-state index contributed by atoms with van der Waals surface area (Å²) in [5.74, 6) is -1.90. The van der Waals surface area contributed by atoms with Crippen molar-refractivity contribution in [1.29, 1.82) is 0 Å². The van der Waals surface area contributed by atoms with Gasteiger partial charge in [0.2, 0.25) is 0 Å². The molecule has 3 rings (SSSR count). The summed E-state index contributed by atoms with van der Waals surface area (Å²) in [5, 5.41) is 8.53. The summed E-state index contributed by atoms with van der Waals surface area (Å²) in [6.07, 6.45) is -1.24. The maximum Gasteiger partial charge on any atom is 0.516 e. The van der Waals surface area contributed by atoms with E-state index in [9.17, 15) is 14.4 Å². The van der Waals surface area contributed by atoms with Crippen molar-refractivity contribution >= 4 is 18.1 Å². The number of carboxylic acids is 1. The third-order valence-corrected chi connectivity index (χ3v) is 4.30. The smallest absolute Gasteiger partial charge is 0.481 e. The van der Waals surface area contributed by atoms with Gasteiger partial charge in [-0.1, -0.05) is 48.5 Å². The maximum absolute atomic E-state index is 11.7. The third kappa shape index (κ3) is 3.91. The fraction of sp³-hybridized carbons (Fsp3) is 0.250. The minimum Gasteiger partial charge on any atom is -0.481 e. The molecule has 0 unspecified atom stereocenters. The van der Waals surface area contributed by atoms with Crippen molar-refractivity contribution in [1.82, 2.24) is 0 Å². The highest BCUT2D eigenvalue weighted by molar-refractivity contribution is 5.82. The van der Waals surface area contributed by atoms with Crippen LogP contribution < -0.4 is 0 Å². The highest BCUT2D eigenvalue weighted by Crippen LogP contribution is 2.44. The van der Waals surface area contributed by atoms with Crippen LogP contribution in [0.2, 0.25) is 0 Å². The Morgan fingerprint density at radius 3 is 2.04 bits per heavy atom. The third-order valence-electron chi connectivity index (χ3n) is 4.30. The van der Waals surface area contributed by atoms with Gasteiger partial charge in [0.25, 0.3) is 0 Å². The first-order valence-electron chi connectivity index (χ1n) is 8.33. The molecule has 0 radical (unpaired) electrons. The van der Waals surface area contributed by atoms with Crippen LogP contribution in [-0.4, -0.2) is 29.8 Å². The average Bonchev–Trinajstić information content (AvgIpc) is 2.93. The fourth-order valence-electron chi connectivity index (χ4n) is 3.15. The number of aliphatic carboxylic acids is 1. The molecule has 2 aromatic rings. The molecule has 1 aliphatic rings. The van der Waals surface area contributed by atoms with Crippen molar-refractivity contribution in [2.24, 2.45) is 0 Å². The fourth-order valence-corrected chi connectivity index (χ4v) is 3.15. The molecular weight excluding hydrogens is 336 g/mol. The molecule has 1 N–H and O–H groups in total. The number of carbonyl (C=O) groups excluding carboxylic acids is 2. The Kier molecular flexibility index (Phi) is 5.31. The molecule has 0 aliphatic heterocycles. The maximum atomic E-state index is 11.7. The number of rotatable bonds is 6. The Bertz CT molecular complexity index is 796. The quantitative estimate of drug-likeness (QED) is 0.628. The molecular formula is C20H18O6. The Balaban J connectivity index is 1.59. The first-order chi connectivity index (χ1) is 12.6. The van der Waals surface area contributed by atoms with Crippen LogP contribution in [0.5, 0.6) is 0 Å². The van der Waals surface area contributed by atoms with E-state index in [2.05, 4.69) is 4.74 Å². The van der Waals surface area contributed by atoms with Crippen LogP contribution in [0.15, 0.2) is 48.5 Å². The molecule has 1 aliphatic carbocycles. The van der Waals surface area contributed by atoms with Crippen molar-refractivity contribution in [2.75, 3.05) is 6.61 Å². The second kappa shape index (κ2) is 7.82. The number of hydrogen-bond acceptors (Lipinski definition) is 5. The molecule has 0 amide bonds. The minimum absolute atomic E-state index is 0.0647. The molecule has 2 aromatic carbocycles. The van der Waals surface area contributed by atoms with Gasteiger partial charge in [0, 0.05) is 18.8 Å². The van der Waals surface area contributed by atoms with Gasteiger partial charge in [-0.15, -0.1) is 0 Å². The molecule has 0 atom stereocenters. The lowest BCUT2D eigenvalue weighted by Crippen LogP contribution is -2.17. The number of esters is 1. The van der Waals surface area contributed by atoms with Gasteiger partial charge < -0.3 is 14.6 Å². The van der Waals surface area contributed by atoms with Crippen LogP contribution in [0.4, 0.5) is 4.79 Å². The van der Waals surface area contributed by atoms with E-state index in [1.165, 1.54) is 0 Å². The first-order valence-corrected chi connectivity index (χ1v) is 8.33. The SMILES string of the molecule is O=C(O)CCCC(=O)OC(=O)OCC1c2ccccc2-c2ccccc21. The minimum atomic E-state index is -1.06. The Labute approximate surface area is 150 Å². The highest BCUT2D eigenvalue weighted by atomic mass is 16.7. The summed E-state index contributed by atoms with van der Waals surface area (Å²) in [6, 6.07) is 15.8. The zero-order chi connectivity index (χ0) is 18.5. The topological polar surface area (TPSA) is 89.9 Å². The van der Waals surface area contributed by atoms with E-state index < -0.39 is 18.1 Å². The number of hydrogen-bond donors (Lipinski definition) is 1. The lowest BCUT2D eigenvalue weighted by Gasteiger charge is -2.13. The number of fused-ring (bicyclic) bond motifs is 3. The van der Waals surface area contributed by atoms with Gasteiger partial charge in [-0.25, -0.2) is 4.79 Å². The van der Waals surface area contributed by atoms with Gasteiger partial charge in [-0.3, -0.25) is 9.59 Å². The summed E-state index contributed by atoms with van der Waals surface area (Å²) < 4.78 is 9.71. The van der Waals surface area contributed by atoms with Crippen LogP contribution in [0.1, 0.15) is 36.3 Å². The summed E-state index contributed by atoms with van der Waals surface area (Å²) in [6.45, 7) is 0.0647. The molecule has 0 saturated carbocycles. The zero-order valence-corrected chi connectivity index (χ0v) is 14.0. The molecule has 134 valence electrons. The van der Waals surface area contributed by atoms with E-state index in [1.54, 1.807) is 0 Å². The van der Waals surface area contributed by atoms with Gasteiger partial charge in [-0.2, -0.15) is 0 Å². The second-order valence-corrected chi connectivity index (χ2v) is 6.01. The predicted octanol–water partition coefficient (Wildman–Crippen LogP) is 3.73. The van der Waals surface area contributed by atoms with Crippen molar-refractivity contribution in [3.05, 3.63) is 59.7 Å². The van der Waals surface area contributed by atoms with Crippen molar-refractivity contribution < 1.29 is 29.0 Å². The van der Waals surface area contributed by atoms with Gasteiger partial charge in [-0.05, 0) is 28.7 Å². The average molecular weight is 354 g/mol.